The van der Waals surface area contributed by atoms with Crippen LogP contribution in [0.5, 0.6) is 0 Å². The van der Waals surface area contributed by atoms with Gasteiger partial charge < -0.3 is 4.43 Å². The Bertz CT molecular complexity index is 354. The summed E-state index contributed by atoms with van der Waals surface area (Å²) in [5, 5.41) is 0.274. The van der Waals surface area contributed by atoms with Crippen molar-refractivity contribution in [3.8, 4) is 0 Å². The van der Waals surface area contributed by atoms with E-state index in [-0.39, 0.29) is 11.1 Å². The van der Waals surface area contributed by atoms with Crippen LogP contribution in [0.25, 0.3) is 0 Å². The van der Waals surface area contributed by atoms with Gasteiger partial charge in [0.1, 0.15) is 0 Å². The topological polar surface area (TPSA) is 9.23 Å². The molecule has 1 atom stereocenters. The van der Waals surface area contributed by atoms with Gasteiger partial charge in [-0.25, -0.2) is 0 Å². The van der Waals surface area contributed by atoms with Gasteiger partial charge in [0, 0.05) is 4.88 Å². The van der Waals surface area contributed by atoms with Crippen LogP contribution in [0.3, 0.4) is 0 Å². The Labute approximate surface area is 112 Å². The Hall–Kier alpha value is 0.357. The fourth-order valence-corrected chi connectivity index (χ4v) is 4.08. The normalized spacial score (nSPS) is 15.2. The molecule has 0 aliphatic heterocycles. The molecule has 1 aromatic heterocycles. The molecule has 0 amide bonds. The molecule has 1 aromatic rings. The van der Waals surface area contributed by atoms with Crippen LogP contribution in [0.4, 0.5) is 0 Å². The second kappa shape index (κ2) is 4.92. The van der Waals surface area contributed by atoms with Crippen LogP contribution < -0.4 is 0 Å². The van der Waals surface area contributed by atoms with Crippen molar-refractivity contribution in [2.75, 3.05) is 0 Å². The number of rotatable bonds is 3. The zero-order valence-electron chi connectivity index (χ0n) is 10.9. The summed E-state index contributed by atoms with van der Waals surface area (Å²) in [4.78, 5) is 1.30. The quantitative estimate of drug-likeness (QED) is 0.659. The predicted molar refractivity (Wildman–Crippen MR) is 78.7 cm³/mol. The molecule has 0 spiro atoms. The summed E-state index contributed by atoms with van der Waals surface area (Å²) in [7, 11) is -1.65. The Morgan fingerprint density at radius 1 is 1.31 bits per heavy atom. The molecule has 0 bridgehead atoms. The molecule has 1 heterocycles. The third-order valence-corrected chi connectivity index (χ3v) is 9.61. The minimum atomic E-state index is -1.65. The van der Waals surface area contributed by atoms with Crippen molar-refractivity contribution in [2.45, 2.75) is 51.9 Å². The molecular weight excluding hydrogens is 300 g/mol. The molecule has 0 saturated heterocycles. The maximum atomic E-state index is 6.33. The fourth-order valence-electron chi connectivity index (χ4n) is 1.22. The van der Waals surface area contributed by atoms with Crippen LogP contribution in [0.2, 0.25) is 18.1 Å². The Morgan fingerprint density at radius 3 is 2.25 bits per heavy atom. The molecule has 0 N–H and O–H groups in total. The number of thiophene rings is 1. The second-order valence-electron chi connectivity index (χ2n) is 5.66. The van der Waals surface area contributed by atoms with E-state index in [1.54, 1.807) is 11.3 Å². The van der Waals surface area contributed by atoms with Gasteiger partial charge in [-0.15, -0.1) is 11.3 Å². The van der Waals surface area contributed by atoms with Gasteiger partial charge in [0.25, 0.3) is 0 Å². The molecule has 4 heteroatoms. The van der Waals surface area contributed by atoms with Crippen LogP contribution >= 0.6 is 27.3 Å². The number of hydrogen-bond donors (Lipinski definition) is 0. The van der Waals surface area contributed by atoms with Gasteiger partial charge in [-0.05, 0) is 53.1 Å². The van der Waals surface area contributed by atoms with Gasteiger partial charge in [-0.3, -0.25) is 0 Å². The summed E-state index contributed by atoms with van der Waals surface area (Å²) in [6, 6.07) is 4.23. The standard InChI is InChI=1S/C12H21BrOSSi/c1-9(10-7-8-11(13)15-10)14-16(5,6)12(2,3)4/h7-9H,1-6H3. The first-order chi connectivity index (χ1) is 7.13. The third-order valence-electron chi connectivity index (χ3n) is 3.27. The highest BCUT2D eigenvalue weighted by Crippen LogP contribution is 2.40. The molecule has 0 saturated carbocycles. The van der Waals surface area contributed by atoms with Crippen LogP contribution in [-0.4, -0.2) is 8.32 Å². The first kappa shape index (κ1) is 14.4. The SMILES string of the molecule is CC(O[Si](C)(C)C(C)(C)C)c1ccc(Br)s1. The van der Waals surface area contributed by atoms with E-state index in [0.717, 1.165) is 0 Å². The van der Waals surface area contributed by atoms with E-state index in [1.807, 2.05) is 0 Å². The van der Waals surface area contributed by atoms with Crippen molar-refractivity contribution in [1.82, 2.24) is 0 Å². The molecule has 1 unspecified atom stereocenters. The van der Waals surface area contributed by atoms with E-state index >= 15 is 0 Å². The van der Waals surface area contributed by atoms with E-state index in [4.69, 9.17) is 4.43 Å². The average molecular weight is 321 g/mol. The largest absolute Gasteiger partial charge is 0.409 e. The van der Waals surface area contributed by atoms with Crippen LogP contribution in [0.1, 0.15) is 38.7 Å². The van der Waals surface area contributed by atoms with Crippen LogP contribution in [0.15, 0.2) is 15.9 Å². The summed E-state index contributed by atoms with van der Waals surface area (Å²) in [5.74, 6) is 0. The van der Waals surface area contributed by atoms with E-state index in [2.05, 4.69) is 68.9 Å². The molecule has 16 heavy (non-hydrogen) atoms. The third kappa shape index (κ3) is 3.42. The highest BCUT2D eigenvalue weighted by atomic mass is 79.9. The van der Waals surface area contributed by atoms with Crippen molar-refractivity contribution in [2.24, 2.45) is 0 Å². The lowest BCUT2D eigenvalue weighted by Crippen LogP contribution is -2.41. The van der Waals surface area contributed by atoms with E-state index in [1.165, 1.54) is 8.66 Å². The van der Waals surface area contributed by atoms with Crippen molar-refractivity contribution in [1.29, 1.82) is 0 Å². The smallest absolute Gasteiger partial charge is 0.192 e. The molecule has 1 nitrogen and oxygen atoms in total. The van der Waals surface area contributed by atoms with Gasteiger partial charge in [0.2, 0.25) is 0 Å². The summed E-state index contributed by atoms with van der Waals surface area (Å²) < 4.78 is 7.50. The Balaban J connectivity index is 2.75. The van der Waals surface area contributed by atoms with Crippen LogP contribution in [0, 0.1) is 0 Å². The van der Waals surface area contributed by atoms with Crippen molar-refractivity contribution in [3.05, 3.63) is 20.8 Å². The average Bonchev–Trinajstić information content (AvgIpc) is 2.48. The monoisotopic (exact) mass is 320 g/mol. The Kier molecular flexibility index (Phi) is 4.44. The van der Waals surface area contributed by atoms with E-state index < -0.39 is 8.32 Å². The lowest BCUT2D eigenvalue weighted by molar-refractivity contribution is 0.206. The second-order valence-corrected chi connectivity index (χ2v) is 12.9. The van der Waals surface area contributed by atoms with Gasteiger partial charge in [-0.2, -0.15) is 0 Å². The molecule has 0 radical (unpaired) electrons. The maximum Gasteiger partial charge on any atom is 0.192 e. The molecule has 0 fully saturated rings. The first-order valence-corrected chi connectivity index (χ1v) is 10.1. The highest BCUT2D eigenvalue weighted by Gasteiger charge is 2.38. The lowest BCUT2D eigenvalue weighted by Gasteiger charge is -2.38. The minimum Gasteiger partial charge on any atom is -0.409 e. The molecule has 92 valence electrons. The number of halogens is 1. The summed E-state index contributed by atoms with van der Waals surface area (Å²) >= 11 is 5.25. The molecule has 0 aliphatic carbocycles. The van der Waals surface area contributed by atoms with Crippen molar-refractivity contribution < 1.29 is 4.43 Å². The molecule has 1 rings (SSSR count). The summed E-state index contributed by atoms with van der Waals surface area (Å²) in [6.07, 6.45) is 0.206. The summed E-state index contributed by atoms with van der Waals surface area (Å²) in [5.41, 5.74) is 0. The van der Waals surface area contributed by atoms with Crippen molar-refractivity contribution in [3.63, 3.8) is 0 Å². The first-order valence-electron chi connectivity index (χ1n) is 5.56. The highest BCUT2D eigenvalue weighted by molar-refractivity contribution is 9.11. The number of hydrogen-bond acceptors (Lipinski definition) is 2. The summed E-state index contributed by atoms with van der Waals surface area (Å²) in [6.45, 7) is 13.6. The van der Waals surface area contributed by atoms with Gasteiger partial charge in [0.05, 0.1) is 9.89 Å². The van der Waals surface area contributed by atoms with E-state index in [0.29, 0.717) is 0 Å². The molecule has 0 aromatic carbocycles. The van der Waals surface area contributed by atoms with Gasteiger partial charge in [0.15, 0.2) is 8.32 Å². The maximum absolute atomic E-state index is 6.33. The fraction of sp³-hybridized carbons (Fsp3) is 0.667. The molecule has 0 aliphatic rings. The zero-order chi connectivity index (χ0) is 12.6. The Morgan fingerprint density at radius 2 is 1.88 bits per heavy atom. The van der Waals surface area contributed by atoms with Crippen molar-refractivity contribution >= 4 is 35.6 Å². The lowest BCUT2D eigenvalue weighted by atomic mass is 10.2. The van der Waals surface area contributed by atoms with E-state index in [9.17, 15) is 0 Å². The van der Waals surface area contributed by atoms with Gasteiger partial charge in [-0.1, -0.05) is 20.8 Å². The minimum absolute atomic E-state index is 0.206. The predicted octanol–water partition coefficient (Wildman–Crippen LogP) is 5.59. The zero-order valence-corrected chi connectivity index (χ0v) is 14.3. The van der Waals surface area contributed by atoms with Gasteiger partial charge >= 0.3 is 0 Å². The van der Waals surface area contributed by atoms with Crippen LogP contribution in [-0.2, 0) is 4.43 Å². The molecular formula is C12H21BrOSSi.